The molecule has 0 aliphatic rings. The van der Waals surface area contributed by atoms with Gasteiger partial charge in [0.15, 0.2) is 0 Å². The highest BCUT2D eigenvalue weighted by Crippen LogP contribution is 2.02. The molecule has 0 bridgehead atoms. The van der Waals surface area contributed by atoms with Gasteiger partial charge in [0.25, 0.3) is 19.5 Å². The molecule has 0 N–H and O–H groups in total. The Bertz CT molecular complexity index is 328. The third-order valence-corrected chi connectivity index (χ3v) is 5.88. The highest BCUT2D eigenvalue weighted by molar-refractivity contribution is 6.61. The topological polar surface area (TPSA) is 18.5 Å². The van der Waals surface area contributed by atoms with Crippen molar-refractivity contribution in [3.05, 3.63) is 24.3 Å². The molecule has 1 aromatic carbocycles. The van der Waals surface area contributed by atoms with Crippen LogP contribution < -0.4 is 10.4 Å². The SMILES string of the molecule is CCC(CC)O[Si]c1ccccc1[Si]OC(CC)CC. The van der Waals surface area contributed by atoms with Crippen molar-refractivity contribution in [2.45, 2.75) is 65.6 Å². The molecule has 0 unspecified atom stereocenters. The van der Waals surface area contributed by atoms with E-state index < -0.39 is 0 Å². The van der Waals surface area contributed by atoms with E-state index in [2.05, 4.69) is 52.0 Å². The summed E-state index contributed by atoms with van der Waals surface area (Å²) in [7, 11) is 0.858. The van der Waals surface area contributed by atoms with Crippen LogP contribution in [0.15, 0.2) is 24.3 Å². The van der Waals surface area contributed by atoms with Crippen molar-refractivity contribution in [3.63, 3.8) is 0 Å². The van der Waals surface area contributed by atoms with Gasteiger partial charge in [0, 0.05) is 12.2 Å². The molecule has 20 heavy (non-hydrogen) atoms. The van der Waals surface area contributed by atoms with Crippen LogP contribution in [-0.4, -0.2) is 31.7 Å². The zero-order valence-corrected chi connectivity index (χ0v) is 15.1. The van der Waals surface area contributed by atoms with Gasteiger partial charge in [0.05, 0.1) is 0 Å². The summed E-state index contributed by atoms with van der Waals surface area (Å²) in [6.45, 7) is 8.73. The highest BCUT2D eigenvalue weighted by Gasteiger charge is 2.11. The zero-order valence-electron chi connectivity index (χ0n) is 13.1. The van der Waals surface area contributed by atoms with Gasteiger partial charge in [-0.1, -0.05) is 52.0 Å². The van der Waals surface area contributed by atoms with Crippen molar-refractivity contribution < 1.29 is 8.85 Å². The maximum atomic E-state index is 6.00. The Kier molecular flexibility index (Phi) is 9.10. The van der Waals surface area contributed by atoms with Crippen LogP contribution in [0.1, 0.15) is 53.4 Å². The summed E-state index contributed by atoms with van der Waals surface area (Å²) in [5.41, 5.74) is 0. The van der Waals surface area contributed by atoms with Crippen molar-refractivity contribution in [3.8, 4) is 0 Å². The minimum absolute atomic E-state index is 0.379. The fourth-order valence-corrected chi connectivity index (χ4v) is 4.14. The molecule has 2 nitrogen and oxygen atoms in total. The van der Waals surface area contributed by atoms with Crippen LogP contribution in [0.5, 0.6) is 0 Å². The standard InChI is InChI=1S/C16H26O2Si2/c1-5-13(6-2)17-19-15-11-9-10-12-16(15)20-18-14(7-3)8-4/h9-14H,5-8H2,1-4H3. The average Bonchev–Trinajstić information content (AvgIpc) is 2.50. The lowest BCUT2D eigenvalue weighted by Crippen LogP contribution is -2.40. The minimum atomic E-state index is 0.379. The summed E-state index contributed by atoms with van der Waals surface area (Å²) < 4.78 is 12.0. The van der Waals surface area contributed by atoms with Gasteiger partial charge in [-0.25, -0.2) is 0 Å². The van der Waals surface area contributed by atoms with Gasteiger partial charge in [-0.3, -0.25) is 0 Å². The van der Waals surface area contributed by atoms with Crippen LogP contribution in [0.25, 0.3) is 0 Å². The molecule has 0 aliphatic heterocycles. The van der Waals surface area contributed by atoms with Crippen LogP contribution >= 0.6 is 0 Å². The molecular formula is C16H26O2Si2. The summed E-state index contributed by atoms with van der Waals surface area (Å²) in [6.07, 6.45) is 5.08. The van der Waals surface area contributed by atoms with E-state index in [4.69, 9.17) is 8.85 Å². The Morgan fingerprint density at radius 3 is 1.40 bits per heavy atom. The van der Waals surface area contributed by atoms with Crippen molar-refractivity contribution in [1.82, 2.24) is 0 Å². The van der Waals surface area contributed by atoms with Gasteiger partial charge < -0.3 is 8.85 Å². The van der Waals surface area contributed by atoms with E-state index in [0.29, 0.717) is 31.7 Å². The first-order valence-electron chi connectivity index (χ1n) is 7.67. The van der Waals surface area contributed by atoms with E-state index in [9.17, 15) is 0 Å². The predicted molar refractivity (Wildman–Crippen MR) is 88.1 cm³/mol. The molecule has 0 fully saturated rings. The Morgan fingerprint density at radius 2 is 1.10 bits per heavy atom. The van der Waals surface area contributed by atoms with Crippen LogP contribution in [-0.2, 0) is 8.85 Å². The Morgan fingerprint density at radius 1 is 0.750 bits per heavy atom. The number of hydrogen-bond acceptors (Lipinski definition) is 2. The Labute approximate surface area is 129 Å². The fourth-order valence-electron chi connectivity index (χ4n) is 1.87. The second kappa shape index (κ2) is 10.3. The lowest BCUT2D eigenvalue weighted by Gasteiger charge is -2.16. The summed E-state index contributed by atoms with van der Waals surface area (Å²) in [5, 5.41) is 2.59. The van der Waals surface area contributed by atoms with E-state index in [1.54, 1.807) is 0 Å². The molecule has 4 heteroatoms. The molecule has 110 valence electrons. The van der Waals surface area contributed by atoms with Gasteiger partial charge in [-0.15, -0.1) is 0 Å². The molecule has 0 atom stereocenters. The van der Waals surface area contributed by atoms with Crippen LogP contribution in [0, 0.1) is 0 Å². The second-order valence-electron chi connectivity index (χ2n) is 4.86. The van der Waals surface area contributed by atoms with E-state index in [1.807, 2.05) is 0 Å². The van der Waals surface area contributed by atoms with Crippen molar-refractivity contribution in [2.24, 2.45) is 0 Å². The van der Waals surface area contributed by atoms with Crippen LogP contribution in [0.2, 0.25) is 0 Å². The maximum Gasteiger partial charge on any atom is 0.269 e. The van der Waals surface area contributed by atoms with Gasteiger partial charge in [0.1, 0.15) is 0 Å². The fraction of sp³-hybridized carbons (Fsp3) is 0.625. The van der Waals surface area contributed by atoms with Gasteiger partial charge in [0.2, 0.25) is 0 Å². The zero-order chi connectivity index (χ0) is 14.8. The lowest BCUT2D eigenvalue weighted by molar-refractivity contribution is 0.205. The second-order valence-corrected chi connectivity index (χ2v) is 6.82. The molecule has 1 aromatic rings. The first-order chi connectivity index (χ1) is 9.74. The predicted octanol–water partition coefficient (Wildman–Crippen LogP) is 2.59. The third kappa shape index (κ3) is 5.91. The van der Waals surface area contributed by atoms with Gasteiger partial charge >= 0.3 is 0 Å². The first-order valence-corrected chi connectivity index (χ1v) is 9.48. The molecule has 0 saturated carbocycles. The number of benzene rings is 1. The lowest BCUT2D eigenvalue weighted by atomic mass is 10.2. The highest BCUT2D eigenvalue weighted by atomic mass is 28.2. The van der Waals surface area contributed by atoms with Crippen LogP contribution in [0.4, 0.5) is 0 Å². The third-order valence-electron chi connectivity index (χ3n) is 3.42. The van der Waals surface area contributed by atoms with Crippen molar-refractivity contribution >= 4 is 29.9 Å². The van der Waals surface area contributed by atoms with E-state index in [0.717, 1.165) is 25.7 Å². The van der Waals surface area contributed by atoms with E-state index in [1.165, 1.54) is 10.4 Å². The average molecular weight is 307 g/mol. The molecular weight excluding hydrogens is 280 g/mol. The largest absolute Gasteiger partial charge is 0.409 e. The smallest absolute Gasteiger partial charge is 0.269 e. The van der Waals surface area contributed by atoms with Crippen LogP contribution in [0.3, 0.4) is 0 Å². The maximum absolute atomic E-state index is 6.00. The molecule has 0 heterocycles. The van der Waals surface area contributed by atoms with Gasteiger partial charge in [-0.05, 0) is 36.1 Å². The van der Waals surface area contributed by atoms with E-state index >= 15 is 0 Å². The molecule has 0 spiro atoms. The summed E-state index contributed by atoms with van der Waals surface area (Å²) in [4.78, 5) is 0. The minimum Gasteiger partial charge on any atom is -0.409 e. The summed E-state index contributed by atoms with van der Waals surface area (Å²) in [5.74, 6) is 0. The number of hydrogen-bond donors (Lipinski definition) is 0. The molecule has 1 rings (SSSR count). The molecule has 4 radical (unpaired) electrons. The van der Waals surface area contributed by atoms with Crippen molar-refractivity contribution in [1.29, 1.82) is 0 Å². The normalized spacial score (nSPS) is 11.5. The molecule has 0 aromatic heterocycles. The number of rotatable bonds is 10. The molecule has 0 aliphatic carbocycles. The quantitative estimate of drug-likeness (QED) is 0.619. The Balaban J connectivity index is 2.58. The summed E-state index contributed by atoms with van der Waals surface area (Å²) in [6, 6.07) is 8.51. The Hall–Kier alpha value is -0.426. The summed E-state index contributed by atoms with van der Waals surface area (Å²) >= 11 is 0. The molecule has 0 amide bonds. The van der Waals surface area contributed by atoms with E-state index in [-0.39, 0.29) is 0 Å². The van der Waals surface area contributed by atoms with Crippen molar-refractivity contribution in [2.75, 3.05) is 0 Å². The first kappa shape index (κ1) is 17.6. The van der Waals surface area contributed by atoms with Gasteiger partial charge in [-0.2, -0.15) is 0 Å². The monoisotopic (exact) mass is 306 g/mol. The molecule has 0 saturated heterocycles.